The fourth-order valence-corrected chi connectivity index (χ4v) is 2.75. The Morgan fingerprint density at radius 3 is 2.63 bits per heavy atom. The molecule has 0 aromatic carbocycles. The molecule has 0 unspecified atom stereocenters. The van der Waals surface area contributed by atoms with Crippen molar-refractivity contribution in [3.05, 3.63) is 20.8 Å². The van der Waals surface area contributed by atoms with E-state index in [9.17, 15) is 9.59 Å². The predicted molar refractivity (Wildman–Crippen MR) is 78.3 cm³/mol. The standard InChI is InChI=1S/C12H17BrN2O3S/c1-12(2,10(16)17)7-14-11(18)15(3)5-9-4-8(13)6-19-9/h4,6H,5,7H2,1-3H3,(H,14,18)(H,16,17). The van der Waals surface area contributed by atoms with Gasteiger partial charge >= 0.3 is 12.0 Å². The highest BCUT2D eigenvalue weighted by atomic mass is 79.9. The third kappa shape index (κ3) is 4.83. The van der Waals surface area contributed by atoms with Crippen LogP contribution < -0.4 is 5.32 Å². The van der Waals surface area contributed by atoms with Crippen LogP contribution in [-0.4, -0.2) is 35.6 Å². The SMILES string of the molecule is CN(Cc1cc(Br)cs1)C(=O)NCC(C)(C)C(=O)O. The molecule has 1 aromatic heterocycles. The number of halogens is 1. The second kappa shape index (κ2) is 6.38. The molecule has 0 spiro atoms. The zero-order chi connectivity index (χ0) is 14.6. The van der Waals surface area contributed by atoms with Crippen molar-refractivity contribution in [3.8, 4) is 0 Å². The lowest BCUT2D eigenvalue weighted by molar-refractivity contribution is -0.146. The molecule has 19 heavy (non-hydrogen) atoms. The van der Waals surface area contributed by atoms with Gasteiger partial charge in [0.05, 0.1) is 12.0 Å². The van der Waals surface area contributed by atoms with E-state index in [0.29, 0.717) is 6.54 Å². The summed E-state index contributed by atoms with van der Waals surface area (Å²) in [5.74, 6) is -0.933. The minimum Gasteiger partial charge on any atom is -0.481 e. The molecule has 1 aromatic rings. The number of amides is 2. The van der Waals surface area contributed by atoms with E-state index >= 15 is 0 Å². The Morgan fingerprint density at radius 1 is 1.53 bits per heavy atom. The van der Waals surface area contributed by atoms with E-state index in [1.54, 1.807) is 32.2 Å². The molecule has 0 aliphatic heterocycles. The Balaban J connectivity index is 2.47. The lowest BCUT2D eigenvalue weighted by atomic mass is 9.94. The van der Waals surface area contributed by atoms with E-state index in [1.807, 2.05) is 11.4 Å². The van der Waals surface area contributed by atoms with Crippen LogP contribution >= 0.6 is 27.3 Å². The van der Waals surface area contributed by atoms with Crippen molar-refractivity contribution in [1.29, 1.82) is 0 Å². The first-order valence-corrected chi connectivity index (χ1v) is 7.35. The Hall–Kier alpha value is -1.08. The summed E-state index contributed by atoms with van der Waals surface area (Å²) in [6.07, 6.45) is 0. The number of hydrogen-bond donors (Lipinski definition) is 2. The van der Waals surface area contributed by atoms with Gasteiger partial charge < -0.3 is 15.3 Å². The highest BCUT2D eigenvalue weighted by Gasteiger charge is 2.28. The lowest BCUT2D eigenvalue weighted by Crippen LogP contribution is -2.43. The molecule has 0 saturated carbocycles. The number of hydrogen-bond acceptors (Lipinski definition) is 3. The first-order valence-electron chi connectivity index (χ1n) is 5.67. The quantitative estimate of drug-likeness (QED) is 0.859. The molecule has 0 atom stereocenters. The first kappa shape index (κ1) is 16.0. The summed E-state index contributed by atoms with van der Waals surface area (Å²) >= 11 is 4.92. The zero-order valence-electron chi connectivity index (χ0n) is 11.1. The summed E-state index contributed by atoms with van der Waals surface area (Å²) in [5, 5.41) is 13.5. The summed E-state index contributed by atoms with van der Waals surface area (Å²) in [7, 11) is 1.68. The van der Waals surface area contributed by atoms with Crippen molar-refractivity contribution in [2.24, 2.45) is 5.41 Å². The number of rotatable bonds is 5. The van der Waals surface area contributed by atoms with E-state index in [0.717, 1.165) is 9.35 Å². The summed E-state index contributed by atoms with van der Waals surface area (Å²) in [6, 6.07) is 1.68. The van der Waals surface area contributed by atoms with Gasteiger partial charge in [0.1, 0.15) is 0 Å². The van der Waals surface area contributed by atoms with Gasteiger partial charge in [-0.15, -0.1) is 11.3 Å². The molecule has 0 aliphatic carbocycles. The fraction of sp³-hybridized carbons (Fsp3) is 0.500. The third-order valence-corrected chi connectivity index (χ3v) is 4.30. The number of urea groups is 1. The van der Waals surface area contributed by atoms with E-state index in [1.165, 1.54) is 4.90 Å². The summed E-state index contributed by atoms with van der Waals surface area (Å²) < 4.78 is 0.994. The van der Waals surface area contributed by atoms with Crippen LogP contribution in [0.4, 0.5) is 4.79 Å². The Morgan fingerprint density at radius 2 is 2.16 bits per heavy atom. The maximum atomic E-state index is 11.8. The number of nitrogens with one attached hydrogen (secondary N) is 1. The largest absolute Gasteiger partial charge is 0.481 e. The minimum atomic E-state index is -0.970. The maximum Gasteiger partial charge on any atom is 0.317 e. The molecule has 7 heteroatoms. The number of thiophene rings is 1. The molecular formula is C12H17BrN2O3S. The Kier molecular flexibility index (Phi) is 5.37. The number of carboxylic acids is 1. The molecule has 0 bridgehead atoms. The van der Waals surface area contributed by atoms with Gasteiger partial charge in [-0.25, -0.2) is 4.79 Å². The third-order valence-electron chi connectivity index (χ3n) is 2.62. The fourth-order valence-electron chi connectivity index (χ4n) is 1.25. The van der Waals surface area contributed by atoms with Crippen LogP contribution in [0, 0.1) is 5.41 Å². The van der Waals surface area contributed by atoms with Crippen LogP contribution in [0.15, 0.2) is 15.9 Å². The number of carboxylic acid groups (broad SMARTS) is 1. The van der Waals surface area contributed by atoms with Crippen LogP contribution in [-0.2, 0) is 11.3 Å². The molecule has 2 amide bonds. The average Bonchev–Trinajstić information content (AvgIpc) is 2.71. The van der Waals surface area contributed by atoms with E-state index in [-0.39, 0.29) is 12.6 Å². The van der Waals surface area contributed by atoms with Gasteiger partial charge in [-0.1, -0.05) is 0 Å². The van der Waals surface area contributed by atoms with Crippen molar-refractivity contribution in [1.82, 2.24) is 10.2 Å². The molecule has 0 radical (unpaired) electrons. The second-order valence-corrected chi connectivity index (χ2v) is 6.85. The van der Waals surface area contributed by atoms with E-state index in [2.05, 4.69) is 21.2 Å². The second-order valence-electron chi connectivity index (χ2n) is 4.94. The Bertz CT molecular complexity index is 473. The van der Waals surface area contributed by atoms with Gasteiger partial charge in [0.25, 0.3) is 0 Å². The van der Waals surface area contributed by atoms with Crippen molar-refractivity contribution >= 4 is 39.3 Å². The number of nitrogens with zero attached hydrogens (tertiary/aromatic N) is 1. The number of carbonyl (C=O) groups excluding carboxylic acids is 1. The molecule has 0 fully saturated rings. The van der Waals surface area contributed by atoms with Gasteiger partial charge in [0, 0.05) is 28.3 Å². The van der Waals surface area contributed by atoms with Crippen LogP contribution in [0.3, 0.4) is 0 Å². The molecule has 1 rings (SSSR count). The van der Waals surface area contributed by atoms with Gasteiger partial charge in [-0.2, -0.15) is 0 Å². The average molecular weight is 349 g/mol. The van der Waals surface area contributed by atoms with E-state index in [4.69, 9.17) is 5.11 Å². The highest BCUT2D eigenvalue weighted by Crippen LogP contribution is 2.21. The normalized spacial score (nSPS) is 11.2. The van der Waals surface area contributed by atoms with Crippen LogP contribution in [0.25, 0.3) is 0 Å². The summed E-state index contributed by atoms with van der Waals surface area (Å²) in [4.78, 5) is 25.3. The van der Waals surface area contributed by atoms with Crippen LogP contribution in [0.5, 0.6) is 0 Å². The summed E-state index contributed by atoms with van der Waals surface area (Å²) in [5.41, 5.74) is -0.970. The van der Waals surface area contributed by atoms with Crippen molar-refractivity contribution in [2.45, 2.75) is 20.4 Å². The van der Waals surface area contributed by atoms with Crippen molar-refractivity contribution in [3.63, 3.8) is 0 Å². The molecule has 2 N–H and O–H groups in total. The smallest absolute Gasteiger partial charge is 0.317 e. The lowest BCUT2D eigenvalue weighted by Gasteiger charge is -2.22. The molecule has 0 saturated heterocycles. The molecule has 1 heterocycles. The monoisotopic (exact) mass is 348 g/mol. The van der Waals surface area contributed by atoms with Crippen molar-refractivity contribution in [2.75, 3.05) is 13.6 Å². The van der Waals surface area contributed by atoms with Gasteiger partial charge in [-0.05, 0) is 35.8 Å². The molecular weight excluding hydrogens is 332 g/mol. The first-order chi connectivity index (χ1) is 8.72. The van der Waals surface area contributed by atoms with E-state index < -0.39 is 11.4 Å². The van der Waals surface area contributed by atoms with Gasteiger partial charge in [0.2, 0.25) is 0 Å². The molecule has 5 nitrogen and oxygen atoms in total. The molecule has 106 valence electrons. The minimum absolute atomic E-state index is 0.0969. The molecule has 0 aliphatic rings. The van der Waals surface area contributed by atoms with Gasteiger partial charge in [0.15, 0.2) is 0 Å². The zero-order valence-corrected chi connectivity index (χ0v) is 13.5. The maximum absolute atomic E-state index is 11.8. The predicted octanol–water partition coefficient (Wildman–Crippen LogP) is 2.76. The van der Waals surface area contributed by atoms with Crippen LogP contribution in [0.2, 0.25) is 0 Å². The van der Waals surface area contributed by atoms with Gasteiger partial charge in [-0.3, -0.25) is 4.79 Å². The summed E-state index contributed by atoms with van der Waals surface area (Å²) in [6.45, 7) is 3.74. The number of carbonyl (C=O) groups is 2. The topological polar surface area (TPSA) is 69.6 Å². The van der Waals surface area contributed by atoms with Crippen LogP contribution in [0.1, 0.15) is 18.7 Å². The number of aliphatic carboxylic acids is 1. The highest BCUT2D eigenvalue weighted by molar-refractivity contribution is 9.10. The Labute approximate surface area is 124 Å². The van der Waals surface area contributed by atoms with Crippen molar-refractivity contribution < 1.29 is 14.7 Å².